The molecule has 0 spiro atoms. The van der Waals surface area contributed by atoms with E-state index in [4.69, 9.17) is 0 Å². The molecule has 1 N–H and O–H groups in total. The second kappa shape index (κ2) is 5.67. The molecule has 2 amide bonds. The number of fused-ring (bicyclic) bond motifs is 1. The number of imidazole rings is 1. The lowest BCUT2D eigenvalue weighted by atomic mass is 10.3. The number of nitrogens with one attached hydrogen (secondary N) is 1. The summed E-state index contributed by atoms with van der Waals surface area (Å²) in [6.07, 6.45) is 0. The van der Waals surface area contributed by atoms with Crippen LogP contribution in [0, 0.1) is 0 Å². The fourth-order valence-corrected chi connectivity index (χ4v) is 2.82. The van der Waals surface area contributed by atoms with Gasteiger partial charge in [0.2, 0.25) is 11.8 Å². The highest BCUT2D eigenvalue weighted by atomic mass is 16.2. The summed E-state index contributed by atoms with van der Waals surface area (Å²) in [5, 5.41) is 2.68. The lowest BCUT2D eigenvalue weighted by Gasteiger charge is -2.26. The van der Waals surface area contributed by atoms with Gasteiger partial charge >= 0.3 is 5.69 Å². The van der Waals surface area contributed by atoms with Crippen LogP contribution in [-0.2, 0) is 22.7 Å². The molecule has 0 bridgehead atoms. The van der Waals surface area contributed by atoms with Crippen LogP contribution in [0.5, 0.6) is 0 Å². The SMILES string of the molecule is CCn1c(=O)n(CC(=O)N2CCNC(=O)C2)c2ccccc21. The molecule has 0 aliphatic carbocycles. The van der Waals surface area contributed by atoms with Crippen molar-refractivity contribution in [3.63, 3.8) is 0 Å². The highest BCUT2D eigenvalue weighted by molar-refractivity contribution is 5.86. The van der Waals surface area contributed by atoms with Crippen molar-refractivity contribution in [1.82, 2.24) is 19.4 Å². The molecule has 1 aromatic heterocycles. The summed E-state index contributed by atoms with van der Waals surface area (Å²) >= 11 is 0. The molecule has 1 aliphatic rings. The Bertz CT molecular complexity index is 790. The van der Waals surface area contributed by atoms with Gasteiger partial charge in [-0.3, -0.25) is 18.7 Å². The van der Waals surface area contributed by atoms with E-state index in [2.05, 4.69) is 5.32 Å². The van der Waals surface area contributed by atoms with E-state index < -0.39 is 0 Å². The first-order valence-corrected chi connectivity index (χ1v) is 7.34. The van der Waals surface area contributed by atoms with Crippen LogP contribution in [0.1, 0.15) is 6.92 Å². The average Bonchev–Trinajstić information content (AvgIpc) is 2.79. The number of rotatable bonds is 3. The number of carbonyl (C=O) groups is 2. The predicted octanol–water partition coefficient (Wildman–Crippen LogP) is -0.219. The average molecular weight is 302 g/mol. The van der Waals surface area contributed by atoms with Crippen LogP contribution >= 0.6 is 0 Å². The van der Waals surface area contributed by atoms with Gasteiger partial charge in [-0.05, 0) is 19.1 Å². The van der Waals surface area contributed by atoms with Crippen molar-refractivity contribution in [2.45, 2.75) is 20.0 Å². The van der Waals surface area contributed by atoms with Gasteiger partial charge in [0.05, 0.1) is 17.6 Å². The van der Waals surface area contributed by atoms with Gasteiger partial charge in [0.15, 0.2) is 0 Å². The number of aryl methyl sites for hydroxylation is 1. The summed E-state index contributed by atoms with van der Waals surface area (Å²) in [7, 11) is 0. The van der Waals surface area contributed by atoms with Crippen molar-refractivity contribution in [3.8, 4) is 0 Å². The molecule has 22 heavy (non-hydrogen) atoms. The number of piperazine rings is 1. The Morgan fingerprint density at radius 2 is 1.86 bits per heavy atom. The summed E-state index contributed by atoms with van der Waals surface area (Å²) in [5.41, 5.74) is 1.36. The zero-order valence-electron chi connectivity index (χ0n) is 12.4. The van der Waals surface area contributed by atoms with Gasteiger partial charge < -0.3 is 10.2 Å². The normalized spacial score (nSPS) is 15.1. The molecule has 116 valence electrons. The third-order valence-electron chi connectivity index (χ3n) is 3.93. The number of aromatic nitrogens is 2. The Labute approximate surface area is 127 Å². The van der Waals surface area contributed by atoms with E-state index in [9.17, 15) is 14.4 Å². The third kappa shape index (κ3) is 2.38. The number of hydrogen-bond donors (Lipinski definition) is 1. The second-order valence-corrected chi connectivity index (χ2v) is 5.27. The number of para-hydroxylation sites is 2. The fourth-order valence-electron chi connectivity index (χ4n) is 2.82. The molecule has 0 saturated carbocycles. The van der Waals surface area contributed by atoms with Gasteiger partial charge in [0.25, 0.3) is 0 Å². The molecular formula is C15H18N4O3. The Morgan fingerprint density at radius 1 is 1.18 bits per heavy atom. The number of carbonyl (C=O) groups excluding carboxylic acids is 2. The lowest BCUT2D eigenvalue weighted by Crippen LogP contribution is -2.51. The largest absolute Gasteiger partial charge is 0.353 e. The molecule has 1 saturated heterocycles. The van der Waals surface area contributed by atoms with Gasteiger partial charge in [-0.15, -0.1) is 0 Å². The molecule has 1 fully saturated rings. The van der Waals surface area contributed by atoms with E-state index in [0.717, 1.165) is 11.0 Å². The van der Waals surface area contributed by atoms with Gasteiger partial charge in [0, 0.05) is 19.6 Å². The monoisotopic (exact) mass is 302 g/mol. The molecule has 3 rings (SSSR count). The van der Waals surface area contributed by atoms with Crippen LogP contribution in [0.4, 0.5) is 0 Å². The number of benzene rings is 1. The minimum absolute atomic E-state index is 0.0420. The van der Waals surface area contributed by atoms with E-state index in [1.807, 2.05) is 31.2 Å². The predicted molar refractivity (Wildman–Crippen MR) is 81.5 cm³/mol. The van der Waals surface area contributed by atoms with Crippen LogP contribution in [0.15, 0.2) is 29.1 Å². The van der Waals surface area contributed by atoms with Crippen LogP contribution in [-0.4, -0.2) is 45.5 Å². The second-order valence-electron chi connectivity index (χ2n) is 5.27. The van der Waals surface area contributed by atoms with Gasteiger partial charge in [-0.25, -0.2) is 4.79 Å². The molecule has 0 unspecified atom stereocenters. The molecule has 1 aliphatic heterocycles. The van der Waals surface area contributed by atoms with Crippen molar-refractivity contribution < 1.29 is 9.59 Å². The van der Waals surface area contributed by atoms with Gasteiger partial charge in [-0.2, -0.15) is 0 Å². The Hall–Kier alpha value is -2.57. The Balaban J connectivity index is 1.94. The summed E-state index contributed by atoms with van der Waals surface area (Å²) < 4.78 is 3.12. The summed E-state index contributed by atoms with van der Waals surface area (Å²) in [4.78, 5) is 37.7. The van der Waals surface area contributed by atoms with Crippen LogP contribution in [0.3, 0.4) is 0 Å². The van der Waals surface area contributed by atoms with E-state index in [1.54, 1.807) is 4.57 Å². The molecule has 0 radical (unpaired) electrons. The topological polar surface area (TPSA) is 76.3 Å². The first kappa shape index (κ1) is 14.4. The maximum absolute atomic E-state index is 12.5. The molecule has 1 aromatic carbocycles. The first-order valence-electron chi connectivity index (χ1n) is 7.34. The molecule has 7 nitrogen and oxygen atoms in total. The number of amides is 2. The molecular weight excluding hydrogens is 284 g/mol. The van der Waals surface area contributed by atoms with Crippen molar-refractivity contribution in [2.75, 3.05) is 19.6 Å². The van der Waals surface area contributed by atoms with Crippen molar-refractivity contribution >= 4 is 22.8 Å². The highest BCUT2D eigenvalue weighted by Crippen LogP contribution is 2.13. The van der Waals surface area contributed by atoms with Crippen LogP contribution in [0.25, 0.3) is 11.0 Å². The number of hydrogen-bond acceptors (Lipinski definition) is 3. The maximum Gasteiger partial charge on any atom is 0.329 e. The Kier molecular flexibility index (Phi) is 3.70. The minimum atomic E-state index is -0.212. The fraction of sp³-hybridized carbons (Fsp3) is 0.400. The smallest absolute Gasteiger partial charge is 0.329 e. The molecule has 0 atom stereocenters. The lowest BCUT2D eigenvalue weighted by molar-refractivity contribution is -0.138. The first-order chi connectivity index (χ1) is 10.6. The molecule has 2 heterocycles. The number of nitrogens with zero attached hydrogens (tertiary/aromatic N) is 3. The Morgan fingerprint density at radius 3 is 2.50 bits per heavy atom. The summed E-state index contributed by atoms with van der Waals surface area (Å²) in [5.74, 6) is -0.376. The molecule has 7 heteroatoms. The van der Waals surface area contributed by atoms with Crippen molar-refractivity contribution in [3.05, 3.63) is 34.7 Å². The van der Waals surface area contributed by atoms with Crippen molar-refractivity contribution in [1.29, 1.82) is 0 Å². The van der Waals surface area contributed by atoms with E-state index in [0.29, 0.717) is 19.6 Å². The zero-order chi connectivity index (χ0) is 15.7. The van der Waals surface area contributed by atoms with E-state index in [1.165, 1.54) is 9.47 Å². The van der Waals surface area contributed by atoms with Crippen LogP contribution in [0.2, 0.25) is 0 Å². The van der Waals surface area contributed by atoms with Crippen LogP contribution < -0.4 is 11.0 Å². The summed E-state index contributed by atoms with van der Waals surface area (Å²) in [6, 6.07) is 7.42. The zero-order valence-corrected chi connectivity index (χ0v) is 12.4. The van der Waals surface area contributed by atoms with E-state index in [-0.39, 0.29) is 30.6 Å². The maximum atomic E-state index is 12.5. The molecule has 2 aromatic rings. The quantitative estimate of drug-likeness (QED) is 0.852. The minimum Gasteiger partial charge on any atom is -0.353 e. The van der Waals surface area contributed by atoms with E-state index >= 15 is 0 Å². The highest BCUT2D eigenvalue weighted by Gasteiger charge is 2.23. The van der Waals surface area contributed by atoms with Gasteiger partial charge in [0.1, 0.15) is 6.54 Å². The van der Waals surface area contributed by atoms with Gasteiger partial charge in [-0.1, -0.05) is 12.1 Å². The van der Waals surface area contributed by atoms with Crippen molar-refractivity contribution in [2.24, 2.45) is 0 Å². The summed E-state index contributed by atoms with van der Waals surface area (Å²) in [6.45, 7) is 3.39. The standard InChI is InChI=1S/C15H18N4O3/c1-2-18-11-5-3-4-6-12(11)19(15(18)22)10-14(21)17-8-7-16-13(20)9-17/h3-6H,2,7-10H2,1H3,(H,16,20). The third-order valence-corrected chi connectivity index (χ3v) is 3.93.